The van der Waals surface area contributed by atoms with Crippen LogP contribution in [0.1, 0.15) is 26.2 Å². The highest BCUT2D eigenvalue weighted by Gasteiger charge is 2.41. The van der Waals surface area contributed by atoms with Gasteiger partial charge in [0.25, 0.3) is 5.22 Å². The molecule has 0 aromatic carbocycles. The van der Waals surface area contributed by atoms with Gasteiger partial charge in [0, 0.05) is 12.5 Å². The number of rotatable bonds is 4. The van der Waals surface area contributed by atoms with Crippen molar-refractivity contribution in [3.63, 3.8) is 0 Å². The van der Waals surface area contributed by atoms with E-state index < -0.39 is 5.25 Å². The molecule has 1 atom stereocenters. The van der Waals surface area contributed by atoms with Crippen molar-refractivity contribution in [2.45, 2.75) is 43.3 Å². The van der Waals surface area contributed by atoms with Gasteiger partial charge in [-0.05, 0) is 13.8 Å². The van der Waals surface area contributed by atoms with Crippen molar-refractivity contribution in [2.24, 2.45) is 5.73 Å². The van der Waals surface area contributed by atoms with Crippen LogP contribution in [0.2, 0.25) is 0 Å². The molecule has 1 saturated heterocycles. The van der Waals surface area contributed by atoms with Gasteiger partial charge >= 0.3 is 0 Å². The highest BCUT2D eigenvalue weighted by Crippen LogP contribution is 2.31. The zero-order chi connectivity index (χ0) is 13.3. The Balaban J connectivity index is 2.07. The molecule has 18 heavy (non-hydrogen) atoms. The maximum atomic E-state index is 12.0. The second-order valence-corrected chi connectivity index (χ2v) is 5.33. The Bertz CT molecular complexity index is 473. The van der Waals surface area contributed by atoms with Crippen LogP contribution in [0.15, 0.2) is 9.64 Å². The Kier molecular flexibility index (Phi) is 3.67. The maximum absolute atomic E-state index is 12.0. The minimum Gasteiger partial charge on any atom is -0.415 e. The molecule has 1 aliphatic rings. The predicted octanol–water partition coefficient (Wildman–Crippen LogP) is 0.156. The highest BCUT2D eigenvalue weighted by molar-refractivity contribution is 8.00. The fourth-order valence-electron chi connectivity index (χ4n) is 1.75. The van der Waals surface area contributed by atoms with Crippen molar-refractivity contribution in [3.05, 3.63) is 5.89 Å². The van der Waals surface area contributed by atoms with Gasteiger partial charge in [-0.2, -0.15) is 0 Å². The molecule has 1 unspecified atom stereocenters. The lowest BCUT2D eigenvalue weighted by Crippen LogP contribution is -2.37. The summed E-state index contributed by atoms with van der Waals surface area (Å²) in [6.07, 6.45) is 0.169. The van der Waals surface area contributed by atoms with Crippen LogP contribution in [-0.4, -0.2) is 38.2 Å². The molecule has 1 aliphatic heterocycles. The number of imide groups is 1. The first-order valence-corrected chi connectivity index (χ1v) is 6.46. The smallest absolute Gasteiger partial charge is 0.277 e. The first kappa shape index (κ1) is 13.0. The average Bonchev–Trinajstić information content (AvgIpc) is 2.85. The minimum atomic E-state index is -0.481. The normalized spacial score (nSPS) is 20.2. The Hall–Kier alpha value is -1.41. The van der Waals surface area contributed by atoms with E-state index in [1.165, 1.54) is 4.90 Å². The number of hydrogen-bond donors (Lipinski definition) is 1. The lowest BCUT2D eigenvalue weighted by molar-refractivity contribution is -0.140. The lowest BCUT2D eigenvalue weighted by Gasteiger charge is -2.18. The van der Waals surface area contributed by atoms with Gasteiger partial charge in [0.2, 0.25) is 17.7 Å². The van der Waals surface area contributed by atoms with Crippen molar-refractivity contribution in [1.82, 2.24) is 15.1 Å². The summed E-state index contributed by atoms with van der Waals surface area (Å²) in [6, 6.07) is -0.127. The number of carbonyl (C=O) groups excluding carboxylic acids is 2. The van der Waals surface area contributed by atoms with E-state index in [2.05, 4.69) is 10.2 Å². The molecule has 0 radical (unpaired) electrons. The summed E-state index contributed by atoms with van der Waals surface area (Å²) in [6.45, 7) is 3.77. The van der Waals surface area contributed by atoms with Gasteiger partial charge in [-0.3, -0.25) is 14.5 Å². The van der Waals surface area contributed by atoms with Gasteiger partial charge in [-0.15, -0.1) is 10.2 Å². The molecule has 98 valence electrons. The average molecular weight is 270 g/mol. The summed E-state index contributed by atoms with van der Waals surface area (Å²) in [5, 5.41) is 7.26. The molecule has 0 aliphatic carbocycles. The molecule has 0 saturated carbocycles. The Labute approximate surface area is 108 Å². The van der Waals surface area contributed by atoms with Crippen LogP contribution < -0.4 is 5.73 Å². The van der Waals surface area contributed by atoms with Crippen LogP contribution in [0, 0.1) is 0 Å². The molecular weight excluding hydrogens is 256 g/mol. The molecule has 8 heteroatoms. The van der Waals surface area contributed by atoms with E-state index in [-0.39, 0.29) is 36.0 Å². The number of aromatic nitrogens is 2. The van der Waals surface area contributed by atoms with E-state index in [0.29, 0.717) is 5.89 Å². The number of nitrogens with two attached hydrogens (primary N) is 1. The molecular formula is C10H14N4O3S. The summed E-state index contributed by atoms with van der Waals surface area (Å²) in [4.78, 5) is 25.0. The van der Waals surface area contributed by atoms with Gasteiger partial charge in [0.15, 0.2) is 0 Å². The summed E-state index contributed by atoms with van der Waals surface area (Å²) in [5.74, 6) is -0.0476. The molecule has 1 aromatic heterocycles. The maximum Gasteiger partial charge on any atom is 0.277 e. The third-order valence-corrected chi connectivity index (χ3v) is 3.54. The summed E-state index contributed by atoms with van der Waals surface area (Å²) in [5.41, 5.74) is 5.35. The standard InChI is InChI=1S/C10H14N4O3S/c1-5(2)14-8(15)3-6(9(14)16)18-10-13-12-7(4-11)17-10/h5-6H,3-4,11H2,1-2H3. The third-order valence-electron chi connectivity index (χ3n) is 2.52. The molecule has 2 heterocycles. The van der Waals surface area contributed by atoms with E-state index in [1.54, 1.807) is 0 Å². The monoisotopic (exact) mass is 270 g/mol. The first-order chi connectivity index (χ1) is 8.52. The number of thioether (sulfide) groups is 1. The molecule has 0 spiro atoms. The second-order valence-electron chi connectivity index (χ2n) is 4.17. The van der Waals surface area contributed by atoms with Crippen LogP contribution in [0.3, 0.4) is 0 Å². The van der Waals surface area contributed by atoms with Crippen molar-refractivity contribution in [1.29, 1.82) is 0 Å². The fraction of sp³-hybridized carbons (Fsp3) is 0.600. The minimum absolute atomic E-state index is 0.127. The molecule has 2 rings (SSSR count). The molecule has 0 bridgehead atoms. The van der Waals surface area contributed by atoms with Gasteiger partial charge in [-0.1, -0.05) is 11.8 Å². The number of hydrogen-bond acceptors (Lipinski definition) is 7. The SMILES string of the molecule is CC(C)N1C(=O)CC(Sc2nnc(CN)o2)C1=O. The molecule has 2 amide bonds. The lowest BCUT2D eigenvalue weighted by atomic mass is 10.3. The summed E-state index contributed by atoms with van der Waals surface area (Å²) < 4.78 is 5.21. The molecule has 2 N–H and O–H groups in total. The predicted molar refractivity (Wildman–Crippen MR) is 63.4 cm³/mol. The number of likely N-dealkylation sites (tertiary alicyclic amines) is 1. The van der Waals surface area contributed by atoms with E-state index in [1.807, 2.05) is 13.8 Å². The number of carbonyl (C=O) groups is 2. The van der Waals surface area contributed by atoms with Crippen molar-refractivity contribution < 1.29 is 14.0 Å². The van der Waals surface area contributed by atoms with E-state index >= 15 is 0 Å². The van der Waals surface area contributed by atoms with Gasteiger partial charge < -0.3 is 10.2 Å². The van der Waals surface area contributed by atoms with Gasteiger partial charge in [0.1, 0.15) is 5.25 Å². The first-order valence-electron chi connectivity index (χ1n) is 5.58. The third kappa shape index (κ3) is 2.39. The Morgan fingerprint density at radius 2 is 2.22 bits per heavy atom. The number of nitrogens with zero attached hydrogens (tertiary/aromatic N) is 3. The van der Waals surface area contributed by atoms with E-state index in [9.17, 15) is 9.59 Å². The Morgan fingerprint density at radius 3 is 2.72 bits per heavy atom. The van der Waals surface area contributed by atoms with Crippen LogP contribution in [0.5, 0.6) is 0 Å². The summed E-state index contributed by atoms with van der Waals surface area (Å²) >= 11 is 1.11. The summed E-state index contributed by atoms with van der Waals surface area (Å²) in [7, 11) is 0. The van der Waals surface area contributed by atoms with Crippen LogP contribution in [0.25, 0.3) is 0 Å². The Morgan fingerprint density at radius 1 is 1.50 bits per heavy atom. The largest absolute Gasteiger partial charge is 0.415 e. The van der Waals surface area contributed by atoms with Crippen molar-refractivity contribution in [3.8, 4) is 0 Å². The van der Waals surface area contributed by atoms with Crippen LogP contribution in [-0.2, 0) is 16.1 Å². The van der Waals surface area contributed by atoms with E-state index in [4.69, 9.17) is 10.2 Å². The zero-order valence-electron chi connectivity index (χ0n) is 10.1. The van der Waals surface area contributed by atoms with E-state index in [0.717, 1.165) is 11.8 Å². The zero-order valence-corrected chi connectivity index (χ0v) is 10.9. The van der Waals surface area contributed by atoms with Gasteiger partial charge in [-0.25, -0.2) is 0 Å². The van der Waals surface area contributed by atoms with Crippen molar-refractivity contribution in [2.75, 3.05) is 0 Å². The molecule has 1 fully saturated rings. The van der Waals surface area contributed by atoms with Crippen molar-refractivity contribution >= 4 is 23.6 Å². The number of amides is 2. The van der Waals surface area contributed by atoms with Crippen LogP contribution in [0.4, 0.5) is 0 Å². The van der Waals surface area contributed by atoms with Gasteiger partial charge in [0.05, 0.1) is 6.54 Å². The topological polar surface area (TPSA) is 102 Å². The fourth-order valence-corrected chi connectivity index (χ4v) is 2.66. The highest BCUT2D eigenvalue weighted by atomic mass is 32.2. The quantitative estimate of drug-likeness (QED) is 0.777. The molecule has 1 aromatic rings. The second kappa shape index (κ2) is 5.07. The van der Waals surface area contributed by atoms with Crippen LogP contribution >= 0.6 is 11.8 Å². The molecule has 7 nitrogen and oxygen atoms in total.